The molecule has 5 heteroatoms. The molecule has 1 fully saturated rings. The van der Waals surface area contributed by atoms with Crippen molar-refractivity contribution in [2.45, 2.75) is 44.6 Å². The first-order chi connectivity index (χ1) is 10.2. The van der Waals surface area contributed by atoms with Crippen LogP contribution in [0.5, 0.6) is 0 Å². The summed E-state index contributed by atoms with van der Waals surface area (Å²) in [6.45, 7) is -0.263. The second-order valence-corrected chi connectivity index (χ2v) is 5.72. The molecule has 0 spiro atoms. The fourth-order valence-electron chi connectivity index (χ4n) is 2.53. The predicted molar refractivity (Wildman–Crippen MR) is 81.4 cm³/mol. The van der Waals surface area contributed by atoms with Gasteiger partial charge in [-0.15, -0.1) is 0 Å². The van der Waals surface area contributed by atoms with E-state index >= 15 is 0 Å². The van der Waals surface area contributed by atoms with E-state index in [-0.39, 0.29) is 24.1 Å². The zero-order chi connectivity index (χ0) is 15.1. The summed E-state index contributed by atoms with van der Waals surface area (Å²) in [5, 5.41) is 3.26. The molecule has 0 saturated heterocycles. The van der Waals surface area contributed by atoms with Crippen molar-refractivity contribution in [1.82, 2.24) is 5.32 Å². The Morgan fingerprint density at radius 3 is 2.48 bits per heavy atom. The zero-order valence-electron chi connectivity index (χ0n) is 11.9. The molecular formula is C16H20ClNO3. The summed E-state index contributed by atoms with van der Waals surface area (Å²) in [7, 11) is 0. The van der Waals surface area contributed by atoms with Gasteiger partial charge in [-0.2, -0.15) is 0 Å². The lowest BCUT2D eigenvalue weighted by Gasteiger charge is -2.16. The Labute approximate surface area is 129 Å². The van der Waals surface area contributed by atoms with Crippen LogP contribution in [0.25, 0.3) is 0 Å². The van der Waals surface area contributed by atoms with Crippen LogP contribution in [0.4, 0.5) is 0 Å². The van der Waals surface area contributed by atoms with Gasteiger partial charge in [0.15, 0.2) is 6.61 Å². The van der Waals surface area contributed by atoms with Crippen molar-refractivity contribution in [3.63, 3.8) is 0 Å². The third-order valence-corrected chi connectivity index (χ3v) is 3.98. The third kappa shape index (κ3) is 5.05. The summed E-state index contributed by atoms with van der Waals surface area (Å²) in [6.07, 6.45) is 6.75. The minimum atomic E-state index is -0.573. The van der Waals surface area contributed by atoms with Gasteiger partial charge in [0, 0.05) is 6.04 Å². The van der Waals surface area contributed by atoms with Crippen molar-refractivity contribution in [2.24, 2.45) is 0 Å². The van der Waals surface area contributed by atoms with E-state index in [9.17, 15) is 9.59 Å². The highest BCUT2D eigenvalue weighted by atomic mass is 35.5. The molecule has 1 aromatic carbocycles. The molecule has 0 heterocycles. The van der Waals surface area contributed by atoms with Crippen molar-refractivity contribution >= 4 is 23.5 Å². The maximum Gasteiger partial charge on any atom is 0.340 e. The molecule has 21 heavy (non-hydrogen) atoms. The number of amides is 1. The quantitative estimate of drug-likeness (QED) is 0.685. The van der Waals surface area contributed by atoms with Gasteiger partial charge in [-0.25, -0.2) is 4.79 Å². The van der Waals surface area contributed by atoms with E-state index in [1.54, 1.807) is 24.3 Å². The van der Waals surface area contributed by atoms with Crippen LogP contribution < -0.4 is 5.32 Å². The Morgan fingerprint density at radius 1 is 1.14 bits per heavy atom. The maximum absolute atomic E-state index is 11.8. The van der Waals surface area contributed by atoms with Gasteiger partial charge in [-0.3, -0.25) is 4.79 Å². The largest absolute Gasteiger partial charge is 0.452 e. The first kappa shape index (κ1) is 15.8. The fourth-order valence-corrected chi connectivity index (χ4v) is 2.74. The molecule has 4 nitrogen and oxygen atoms in total. The minimum Gasteiger partial charge on any atom is -0.452 e. The molecular weight excluding hydrogens is 290 g/mol. The number of esters is 1. The van der Waals surface area contributed by atoms with Gasteiger partial charge in [0.1, 0.15) is 0 Å². The molecule has 1 amide bonds. The van der Waals surface area contributed by atoms with Crippen LogP contribution in [0, 0.1) is 0 Å². The van der Waals surface area contributed by atoms with Crippen molar-refractivity contribution < 1.29 is 14.3 Å². The smallest absolute Gasteiger partial charge is 0.340 e. The first-order valence-electron chi connectivity index (χ1n) is 7.38. The van der Waals surface area contributed by atoms with Crippen LogP contribution in [-0.2, 0) is 9.53 Å². The highest BCUT2D eigenvalue weighted by Crippen LogP contribution is 2.17. The number of ether oxygens (including phenoxy) is 1. The molecule has 0 atom stereocenters. The van der Waals surface area contributed by atoms with E-state index in [1.165, 1.54) is 12.8 Å². The Hall–Kier alpha value is -1.55. The molecule has 0 aromatic heterocycles. The monoisotopic (exact) mass is 309 g/mol. The summed E-state index contributed by atoms with van der Waals surface area (Å²) in [4.78, 5) is 23.7. The van der Waals surface area contributed by atoms with Crippen molar-refractivity contribution in [3.8, 4) is 0 Å². The third-order valence-electron chi connectivity index (χ3n) is 3.65. The van der Waals surface area contributed by atoms with E-state index in [4.69, 9.17) is 16.3 Å². The molecule has 114 valence electrons. The van der Waals surface area contributed by atoms with Crippen molar-refractivity contribution in [2.75, 3.05) is 6.61 Å². The van der Waals surface area contributed by atoms with Gasteiger partial charge >= 0.3 is 5.97 Å². The van der Waals surface area contributed by atoms with Crippen LogP contribution in [-0.4, -0.2) is 24.5 Å². The van der Waals surface area contributed by atoms with E-state index in [0.29, 0.717) is 5.02 Å². The second kappa shape index (κ2) is 8.03. The summed E-state index contributed by atoms with van der Waals surface area (Å²) in [6, 6.07) is 6.84. The van der Waals surface area contributed by atoms with Crippen LogP contribution in [0.2, 0.25) is 5.02 Å². The number of hydrogen-bond donors (Lipinski definition) is 1. The van der Waals surface area contributed by atoms with E-state index in [0.717, 1.165) is 25.7 Å². The van der Waals surface area contributed by atoms with Gasteiger partial charge in [0.25, 0.3) is 5.91 Å². The fraction of sp³-hybridized carbons (Fsp3) is 0.500. The van der Waals surface area contributed by atoms with Crippen LogP contribution in [0.3, 0.4) is 0 Å². The van der Waals surface area contributed by atoms with Crippen LogP contribution in [0.1, 0.15) is 48.9 Å². The SMILES string of the molecule is O=C(COC(=O)c1ccccc1Cl)NC1CCCCCC1. The Balaban J connectivity index is 1.78. The lowest BCUT2D eigenvalue weighted by molar-refractivity contribution is -0.125. The highest BCUT2D eigenvalue weighted by molar-refractivity contribution is 6.33. The lowest BCUT2D eigenvalue weighted by atomic mass is 10.1. The molecule has 0 aliphatic heterocycles. The van der Waals surface area contributed by atoms with E-state index in [2.05, 4.69) is 5.32 Å². The summed E-state index contributed by atoms with van der Waals surface area (Å²) in [5.41, 5.74) is 0.279. The molecule has 2 rings (SSSR count). The molecule has 1 N–H and O–H groups in total. The van der Waals surface area contributed by atoms with Gasteiger partial charge in [0.2, 0.25) is 0 Å². The standard InChI is InChI=1S/C16H20ClNO3/c17-14-10-6-5-9-13(14)16(20)21-11-15(19)18-12-7-3-1-2-4-8-12/h5-6,9-10,12H,1-4,7-8,11H2,(H,18,19). The van der Waals surface area contributed by atoms with Crippen molar-refractivity contribution in [3.05, 3.63) is 34.9 Å². The molecule has 1 saturated carbocycles. The van der Waals surface area contributed by atoms with Crippen molar-refractivity contribution in [1.29, 1.82) is 0 Å². The number of halogens is 1. The normalized spacial score (nSPS) is 16.0. The van der Waals surface area contributed by atoms with Gasteiger partial charge in [-0.1, -0.05) is 49.4 Å². The zero-order valence-corrected chi connectivity index (χ0v) is 12.7. The van der Waals surface area contributed by atoms with Gasteiger partial charge in [0.05, 0.1) is 10.6 Å². The Bertz CT molecular complexity index is 496. The number of benzene rings is 1. The number of carbonyl (C=O) groups excluding carboxylic acids is 2. The molecule has 1 aliphatic carbocycles. The molecule has 0 unspecified atom stereocenters. The van der Waals surface area contributed by atoms with Gasteiger partial charge < -0.3 is 10.1 Å². The minimum absolute atomic E-state index is 0.207. The summed E-state index contributed by atoms with van der Waals surface area (Å²) >= 11 is 5.91. The molecule has 1 aliphatic rings. The Morgan fingerprint density at radius 2 is 1.81 bits per heavy atom. The predicted octanol–water partition coefficient (Wildman–Crippen LogP) is 3.34. The summed E-state index contributed by atoms with van der Waals surface area (Å²) < 4.78 is 5.01. The lowest BCUT2D eigenvalue weighted by Crippen LogP contribution is -2.37. The number of carbonyl (C=O) groups is 2. The molecule has 0 radical (unpaired) electrons. The molecule has 0 bridgehead atoms. The number of hydrogen-bond acceptors (Lipinski definition) is 3. The highest BCUT2D eigenvalue weighted by Gasteiger charge is 2.17. The maximum atomic E-state index is 11.8. The van der Waals surface area contributed by atoms with E-state index in [1.807, 2.05) is 0 Å². The van der Waals surface area contributed by atoms with Gasteiger partial charge in [-0.05, 0) is 25.0 Å². The average Bonchev–Trinajstić information content (AvgIpc) is 2.74. The Kier molecular flexibility index (Phi) is 6.05. The average molecular weight is 310 g/mol. The first-order valence-corrected chi connectivity index (χ1v) is 7.75. The molecule has 1 aromatic rings. The van der Waals surface area contributed by atoms with Crippen LogP contribution in [0.15, 0.2) is 24.3 Å². The van der Waals surface area contributed by atoms with E-state index < -0.39 is 5.97 Å². The number of rotatable bonds is 4. The number of nitrogens with one attached hydrogen (secondary N) is 1. The van der Waals surface area contributed by atoms with Crippen LogP contribution >= 0.6 is 11.6 Å². The summed E-state index contributed by atoms with van der Waals surface area (Å²) in [5.74, 6) is -0.820. The topological polar surface area (TPSA) is 55.4 Å². The second-order valence-electron chi connectivity index (χ2n) is 5.31.